The number of halogens is 2. The Morgan fingerprint density at radius 1 is 0.821 bits per heavy atom. The maximum Gasteiger partial charge on any atom is 0.337 e. The van der Waals surface area contributed by atoms with E-state index in [9.17, 15) is 19.5 Å². The number of nitrogens with zero attached hydrogens (tertiary/aromatic N) is 1. The molecule has 0 aliphatic carbocycles. The van der Waals surface area contributed by atoms with Crippen LogP contribution in [0.4, 0.5) is 5.69 Å². The largest absolute Gasteiger partial charge is 0.478 e. The van der Waals surface area contributed by atoms with E-state index in [-0.39, 0.29) is 16.8 Å². The van der Waals surface area contributed by atoms with Crippen molar-refractivity contribution in [3.63, 3.8) is 0 Å². The number of benzene rings is 4. The van der Waals surface area contributed by atoms with Gasteiger partial charge in [0.1, 0.15) is 5.82 Å². The number of carbonyl (C=O) groups is 3. The third-order valence-electron chi connectivity index (χ3n) is 6.00. The molecular weight excluding hydrogens is 539 g/mol. The minimum Gasteiger partial charge on any atom is -0.478 e. The number of imidazole rings is 1. The van der Waals surface area contributed by atoms with Gasteiger partial charge in [-0.2, -0.15) is 0 Å². The Balaban J connectivity index is 1.30. The number of amides is 2. The molecule has 1 heterocycles. The zero-order chi connectivity index (χ0) is 27.5. The van der Waals surface area contributed by atoms with Crippen molar-refractivity contribution >= 4 is 57.7 Å². The normalized spacial score (nSPS) is 10.8. The summed E-state index contributed by atoms with van der Waals surface area (Å²) in [6.45, 7) is 0.298. The van der Waals surface area contributed by atoms with Gasteiger partial charge in [0.25, 0.3) is 11.8 Å². The lowest BCUT2D eigenvalue weighted by Crippen LogP contribution is -2.23. The zero-order valence-corrected chi connectivity index (χ0v) is 21.7. The van der Waals surface area contributed by atoms with E-state index in [1.807, 2.05) is 30.3 Å². The van der Waals surface area contributed by atoms with Gasteiger partial charge in [-0.25, -0.2) is 9.78 Å². The van der Waals surface area contributed by atoms with Crippen LogP contribution in [0.2, 0.25) is 10.0 Å². The molecule has 0 spiro atoms. The number of aromatic amines is 1. The third-order valence-corrected chi connectivity index (χ3v) is 6.72. The van der Waals surface area contributed by atoms with Gasteiger partial charge in [-0.05, 0) is 48.0 Å². The summed E-state index contributed by atoms with van der Waals surface area (Å²) in [4.78, 5) is 45.1. The lowest BCUT2D eigenvalue weighted by atomic mass is 10.1. The molecule has 8 nitrogen and oxygen atoms in total. The minimum absolute atomic E-state index is 0.0715. The molecule has 0 unspecified atom stereocenters. The molecule has 0 fully saturated rings. The van der Waals surface area contributed by atoms with E-state index in [0.29, 0.717) is 33.5 Å². The lowest BCUT2D eigenvalue weighted by molar-refractivity contribution is 0.0698. The van der Waals surface area contributed by atoms with Crippen LogP contribution in [0.3, 0.4) is 0 Å². The van der Waals surface area contributed by atoms with Crippen molar-refractivity contribution in [2.75, 3.05) is 5.32 Å². The average Bonchev–Trinajstić information content (AvgIpc) is 3.35. The maximum atomic E-state index is 12.9. The topological polar surface area (TPSA) is 124 Å². The smallest absolute Gasteiger partial charge is 0.337 e. The van der Waals surface area contributed by atoms with Crippen molar-refractivity contribution < 1.29 is 19.5 Å². The molecule has 5 aromatic rings. The molecule has 194 valence electrons. The molecule has 10 heteroatoms. The fourth-order valence-corrected chi connectivity index (χ4v) is 4.29. The highest BCUT2D eigenvalue weighted by molar-refractivity contribution is 6.42. The number of aromatic carboxylic acids is 1. The number of carboxylic acid groups (broad SMARTS) is 1. The number of fused-ring (bicyclic) bond motifs is 1. The first-order valence-corrected chi connectivity index (χ1v) is 12.5. The van der Waals surface area contributed by atoms with Crippen LogP contribution in [0.5, 0.6) is 0 Å². The van der Waals surface area contributed by atoms with Crippen LogP contribution in [0.25, 0.3) is 22.4 Å². The standard InChI is InChI=1S/C29H20Cl2N4O4/c30-21-13-24-25(14-22(21)31)34-26(33-24)17-6-8-18(9-7-17)28(37)35-23-11-10-19(12-20(23)29(38)39)27(36)32-15-16-4-2-1-3-5-16/h1-14H,15H2,(H,32,36)(H,33,34)(H,35,37)(H,38,39). The Hall–Kier alpha value is -4.66. The first kappa shape index (κ1) is 26.0. The second kappa shape index (κ2) is 11.0. The fraction of sp³-hybridized carbons (Fsp3) is 0.0345. The van der Waals surface area contributed by atoms with Crippen LogP contribution >= 0.6 is 23.2 Å². The predicted octanol–water partition coefficient (Wildman–Crippen LogP) is 6.42. The quantitative estimate of drug-likeness (QED) is 0.183. The van der Waals surface area contributed by atoms with Crippen molar-refractivity contribution in [2.24, 2.45) is 0 Å². The van der Waals surface area contributed by atoms with Crippen molar-refractivity contribution in [2.45, 2.75) is 6.54 Å². The molecule has 0 saturated carbocycles. The van der Waals surface area contributed by atoms with Crippen LogP contribution in [0.15, 0.2) is 84.9 Å². The van der Waals surface area contributed by atoms with E-state index >= 15 is 0 Å². The first-order valence-electron chi connectivity index (χ1n) is 11.7. The van der Waals surface area contributed by atoms with Crippen molar-refractivity contribution in [1.29, 1.82) is 0 Å². The van der Waals surface area contributed by atoms with Crippen LogP contribution in [0, 0.1) is 0 Å². The van der Waals surface area contributed by atoms with E-state index in [2.05, 4.69) is 20.6 Å². The van der Waals surface area contributed by atoms with Gasteiger partial charge < -0.3 is 20.7 Å². The summed E-state index contributed by atoms with van der Waals surface area (Å²) < 4.78 is 0. The molecule has 2 amide bonds. The number of nitrogens with one attached hydrogen (secondary N) is 3. The fourth-order valence-electron chi connectivity index (χ4n) is 3.97. The Labute approximate surface area is 232 Å². The maximum absolute atomic E-state index is 12.9. The lowest BCUT2D eigenvalue weighted by Gasteiger charge is -2.11. The van der Waals surface area contributed by atoms with E-state index < -0.39 is 17.8 Å². The highest BCUT2D eigenvalue weighted by Gasteiger charge is 2.17. The van der Waals surface area contributed by atoms with Gasteiger partial charge >= 0.3 is 5.97 Å². The van der Waals surface area contributed by atoms with Gasteiger partial charge in [-0.15, -0.1) is 0 Å². The second-order valence-corrected chi connectivity index (χ2v) is 9.45. The average molecular weight is 559 g/mol. The molecule has 39 heavy (non-hydrogen) atoms. The Bertz CT molecular complexity index is 1680. The van der Waals surface area contributed by atoms with Gasteiger partial charge in [0, 0.05) is 23.2 Å². The summed E-state index contributed by atoms with van der Waals surface area (Å²) in [5, 5.41) is 15.9. The molecule has 0 saturated heterocycles. The van der Waals surface area contributed by atoms with E-state index in [4.69, 9.17) is 23.2 Å². The summed E-state index contributed by atoms with van der Waals surface area (Å²) in [6, 6.07) is 23.4. The molecule has 0 atom stereocenters. The highest BCUT2D eigenvalue weighted by atomic mass is 35.5. The minimum atomic E-state index is -1.27. The summed E-state index contributed by atoms with van der Waals surface area (Å²) in [5.74, 6) is -1.63. The number of hydrogen-bond acceptors (Lipinski definition) is 4. The second-order valence-electron chi connectivity index (χ2n) is 8.63. The molecule has 1 aromatic heterocycles. The number of anilines is 1. The summed E-state index contributed by atoms with van der Waals surface area (Å²) in [5.41, 5.74) is 3.36. The molecule has 0 aliphatic heterocycles. The van der Waals surface area contributed by atoms with Crippen LogP contribution in [-0.2, 0) is 6.54 Å². The molecule has 4 aromatic carbocycles. The molecule has 0 radical (unpaired) electrons. The van der Waals surface area contributed by atoms with Gasteiger partial charge in [-0.1, -0.05) is 65.7 Å². The van der Waals surface area contributed by atoms with E-state index in [0.717, 1.165) is 16.6 Å². The van der Waals surface area contributed by atoms with Gasteiger partial charge in [0.15, 0.2) is 0 Å². The molecule has 0 bridgehead atoms. The Morgan fingerprint density at radius 2 is 1.51 bits per heavy atom. The van der Waals surface area contributed by atoms with Gasteiger partial charge in [0.05, 0.1) is 32.3 Å². The molecular formula is C29H20Cl2N4O4. The Kier molecular flexibility index (Phi) is 7.31. The van der Waals surface area contributed by atoms with Crippen LogP contribution in [0.1, 0.15) is 36.6 Å². The van der Waals surface area contributed by atoms with E-state index in [1.165, 1.54) is 18.2 Å². The van der Waals surface area contributed by atoms with Crippen molar-refractivity contribution in [3.8, 4) is 11.4 Å². The number of aromatic nitrogens is 2. The van der Waals surface area contributed by atoms with Crippen LogP contribution in [-0.4, -0.2) is 32.9 Å². The molecule has 4 N–H and O–H groups in total. The van der Waals surface area contributed by atoms with Crippen molar-refractivity contribution in [3.05, 3.63) is 117 Å². The number of carboxylic acids is 1. The highest BCUT2D eigenvalue weighted by Crippen LogP contribution is 2.29. The number of H-pyrrole nitrogens is 1. The van der Waals surface area contributed by atoms with Crippen LogP contribution < -0.4 is 10.6 Å². The zero-order valence-electron chi connectivity index (χ0n) is 20.2. The van der Waals surface area contributed by atoms with E-state index in [1.54, 1.807) is 36.4 Å². The summed E-state index contributed by atoms with van der Waals surface area (Å²) >= 11 is 12.1. The number of hydrogen-bond donors (Lipinski definition) is 4. The first-order chi connectivity index (χ1) is 18.8. The molecule has 0 aliphatic rings. The predicted molar refractivity (Wildman–Crippen MR) is 151 cm³/mol. The summed E-state index contributed by atoms with van der Waals surface area (Å²) in [7, 11) is 0. The molecule has 5 rings (SSSR count). The summed E-state index contributed by atoms with van der Waals surface area (Å²) in [6.07, 6.45) is 0. The SMILES string of the molecule is O=C(NCc1ccccc1)c1ccc(NC(=O)c2ccc(-c3nc4cc(Cl)c(Cl)cc4[nH]3)cc2)c(C(=O)O)c1. The number of rotatable bonds is 7. The van der Waals surface area contributed by atoms with Gasteiger partial charge in [0.2, 0.25) is 0 Å². The third kappa shape index (κ3) is 5.77. The van der Waals surface area contributed by atoms with Gasteiger partial charge in [-0.3, -0.25) is 9.59 Å². The monoisotopic (exact) mass is 558 g/mol. The number of carbonyl (C=O) groups excluding carboxylic acids is 2. The van der Waals surface area contributed by atoms with Crippen molar-refractivity contribution in [1.82, 2.24) is 15.3 Å². The Morgan fingerprint density at radius 3 is 2.23 bits per heavy atom.